The van der Waals surface area contributed by atoms with E-state index < -0.39 is 57.5 Å². The standard InChI is InChI=1S/C39H42O7Si/c1-39(2,3)47(28-18-9-5-10-19-28,29-20-11-6-12-21-29)46-35-34-32(25-42-38(45-34)27-16-7-4-8-17-27)44-37(41)36(35)43-31-24-23-26-15-13-14-22-30(26)33(31)40/h4-24,31-38,40-41H,25H2,1-3H3/t31-,32+,33-,34+,35-,36+,37?,38+/m0/s1. The molecule has 7 rings (SSSR count). The van der Waals surface area contributed by atoms with Crippen LogP contribution in [0.1, 0.15) is 49.9 Å². The van der Waals surface area contributed by atoms with E-state index in [1.54, 1.807) is 0 Å². The maximum atomic E-state index is 11.7. The molecule has 2 saturated heterocycles. The smallest absolute Gasteiger partial charge is 0.261 e. The van der Waals surface area contributed by atoms with Crippen LogP contribution in [0.3, 0.4) is 0 Å². The first-order valence-electron chi connectivity index (χ1n) is 16.3. The van der Waals surface area contributed by atoms with Gasteiger partial charge in [-0.05, 0) is 26.5 Å². The highest BCUT2D eigenvalue weighted by atomic mass is 28.4. The van der Waals surface area contributed by atoms with Gasteiger partial charge in [-0.3, -0.25) is 0 Å². The minimum absolute atomic E-state index is 0.202. The Balaban J connectivity index is 1.34. The lowest BCUT2D eigenvalue weighted by Gasteiger charge is -2.53. The van der Waals surface area contributed by atoms with Crippen molar-refractivity contribution in [1.29, 1.82) is 0 Å². The van der Waals surface area contributed by atoms with Crippen LogP contribution in [0.15, 0.2) is 121 Å². The predicted molar refractivity (Wildman–Crippen MR) is 182 cm³/mol. The molecule has 3 aliphatic rings. The quantitative estimate of drug-likeness (QED) is 0.264. The number of benzene rings is 4. The summed E-state index contributed by atoms with van der Waals surface area (Å²) in [5.41, 5.74) is 2.57. The molecule has 0 bridgehead atoms. The van der Waals surface area contributed by atoms with Gasteiger partial charge in [0.25, 0.3) is 8.32 Å². The summed E-state index contributed by atoms with van der Waals surface area (Å²) in [4.78, 5) is 0. The van der Waals surface area contributed by atoms with E-state index >= 15 is 0 Å². The Bertz CT molecular complexity index is 1620. The molecule has 0 spiro atoms. The van der Waals surface area contributed by atoms with Crippen LogP contribution in [-0.4, -0.2) is 61.9 Å². The molecular weight excluding hydrogens is 609 g/mol. The number of aliphatic hydroxyl groups excluding tert-OH is 2. The summed E-state index contributed by atoms with van der Waals surface area (Å²) in [7, 11) is -3.17. The van der Waals surface area contributed by atoms with E-state index in [2.05, 4.69) is 45.0 Å². The number of hydrogen-bond donors (Lipinski definition) is 2. The van der Waals surface area contributed by atoms with Crippen molar-refractivity contribution < 1.29 is 33.6 Å². The summed E-state index contributed by atoms with van der Waals surface area (Å²) < 4.78 is 33.5. The minimum Gasteiger partial charge on any atom is -0.399 e. The molecule has 4 aromatic carbocycles. The van der Waals surface area contributed by atoms with Crippen molar-refractivity contribution in [3.63, 3.8) is 0 Å². The summed E-state index contributed by atoms with van der Waals surface area (Å²) in [5, 5.41) is 25.0. The molecule has 244 valence electrons. The van der Waals surface area contributed by atoms with Crippen molar-refractivity contribution >= 4 is 24.8 Å². The highest BCUT2D eigenvalue weighted by Gasteiger charge is 2.58. The molecule has 0 amide bonds. The van der Waals surface area contributed by atoms with Crippen LogP contribution in [0, 0.1) is 0 Å². The van der Waals surface area contributed by atoms with Crippen molar-refractivity contribution in [1.82, 2.24) is 0 Å². The van der Waals surface area contributed by atoms with Gasteiger partial charge in [-0.2, -0.15) is 0 Å². The van der Waals surface area contributed by atoms with Gasteiger partial charge in [-0.1, -0.05) is 148 Å². The SMILES string of the molecule is CC(C)(C)[Si](O[C@H]1[C@@H]2O[C@H](c3ccccc3)OC[C@H]2OC(O)[C@@H]1O[C@H]1C=Cc2ccccc2[C@@H]1O)(c1ccccc1)c1ccccc1. The first kappa shape index (κ1) is 32.1. The summed E-state index contributed by atoms with van der Waals surface area (Å²) in [6, 6.07) is 38.2. The zero-order valence-corrected chi connectivity index (χ0v) is 27.9. The van der Waals surface area contributed by atoms with Gasteiger partial charge in [0.05, 0.1) is 6.61 Å². The topological polar surface area (TPSA) is 86.6 Å². The Labute approximate surface area is 277 Å². The van der Waals surface area contributed by atoms with Gasteiger partial charge in [0, 0.05) is 5.56 Å². The molecule has 8 heteroatoms. The Kier molecular flexibility index (Phi) is 9.04. The van der Waals surface area contributed by atoms with Crippen LogP contribution in [0.25, 0.3) is 6.08 Å². The maximum absolute atomic E-state index is 11.7. The lowest BCUT2D eigenvalue weighted by atomic mass is 9.92. The molecule has 47 heavy (non-hydrogen) atoms. The highest BCUT2D eigenvalue weighted by Crippen LogP contribution is 2.43. The van der Waals surface area contributed by atoms with E-state index in [0.29, 0.717) is 0 Å². The lowest BCUT2D eigenvalue weighted by Crippen LogP contribution is -2.73. The predicted octanol–water partition coefficient (Wildman–Crippen LogP) is 5.28. The molecule has 2 aliphatic heterocycles. The third-order valence-corrected chi connectivity index (χ3v) is 14.5. The van der Waals surface area contributed by atoms with Crippen LogP contribution in [0.4, 0.5) is 0 Å². The van der Waals surface area contributed by atoms with Gasteiger partial charge < -0.3 is 33.6 Å². The molecule has 1 aliphatic carbocycles. The van der Waals surface area contributed by atoms with E-state index in [0.717, 1.165) is 27.1 Å². The molecule has 2 N–H and O–H groups in total. The average molecular weight is 651 g/mol. The second-order valence-electron chi connectivity index (χ2n) is 13.5. The summed E-state index contributed by atoms with van der Waals surface area (Å²) >= 11 is 0. The number of hydrogen-bond acceptors (Lipinski definition) is 7. The van der Waals surface area contributed by atoms with Crippen molar-refractivity contribution in [2.24, 2.45) is 0 Å². The average Bonchev–Trinajstić information content (AvgIpc) is 3.10. The van der Waals surface area contributed by atoms with Gasteiger partial charge in [-0.25, -0.2) is 0 Å². The lowest BCUT2D eigenvalue weighted by molar-refractivity contribution is -0.360. The second kappa shape index (κ2) is 13.2. The highest BCUT2D eigenvalue weighted by molar-refractivity contribution is 6.99. The summed E-state index contributed by atoms with van der Waals surface area (Å²) in [5.74, 6) is 0. The molecule has 2 heterocycles. The fourth-order valence-electron chi connectivity index (χ4n) is 7.23. The van der Waals surface area contributed by atoms with Crippen LogP contribution >= 0.6 is 0 Å². The minimum atomic E-state index is -3.17. The Morgan fingerprint density at radius 3 is 1.96 bits per heavy atom. The van der Waals surface area contributed by atoms with E-state index in [1.807, 2.05) is 103 Å². The summed E-state index contributed by atoms with van der Waals surface area (Å²) in [6.45, 7) is 6.84. The van der Waals surface area contributed by atoms with E-state index in [9.17, 15) is 10.2 Å². The second-order valence-corrected chi connectivity index (χ2v) is 17.7. The van der Waals surface area contributed by atoms with Gasteiger partial charge in [-0.15, -0.1) is 0 Å². The number of ether oxygens (including phenoxy) is 4. The molecule has 8 atom stereocenters. The van der Waals surface area contributed by atoms with E-state index in [4.69, 9.17) is 23.4 Å². The van der Waals surface area contributed by atoms with Crippen LogP contribution < -0.4 is 10.4 Å². The zero-order valence-electron chi connectivity index (χ0n) is 26.9. The molecular formula is C39H42O7Si. The zero-order chi connectivity index (χ0) is 32.6. The first-order valence-corrected chi connectivity index (χ1v) is 18.2. The maximum Gasteiger partial charge on any atom is 0.261 e. The van der Waals surface area contributed by atoms with Crippen molar-refractivity contribution in [2.45, 2.75) is 75.0 Å². The normalized spacial score (nSPS) is 29.1. The number of fused-ring (bicyclic) bond motifs is 2. The van der Waals surface area contributed by atoms with E-state index in [1.165, 1.54) is 0 Å². The van der Waals surface area contributed by atoms with Crippen LogP contribution in [0.2, 0.25) is 5.04 Å². The molecule has 0 aromatic heterocycles. The largest absolute Gasteiger partial charge is 0.399 e. The molecule has 0 radical (unpaired) electrons. The fraction of sp³-hybridized carbons (Fsp3) is 0.333. The fourth-order valence-corrected chi connectivity index (χ4v) is 11.9. The number of aliphatic hydroxyl groups is 2. The monoisotopic (exact) mass is 650 g/mol. The van der Waals surface area contributed by atoms with Crippen molar-refractivity contribution in [3.05, 3.63) is 138 Å². The molecule has 0 saturated carbocycles. The van der Waals surface area contributed by atoms with Gasteiger partial charge in [0.2, 0.25) is 0 Å². The van der Waals surface area contributed by atoms with Gasteiger partial charge in [0.1, 0.15) is 36.6 Å². The molecule has 4 aromatic rings. The number of rotatable bonds is 7. The Hall–Kier alpha value is -3.44. The third kappa shape index (κ3) is 6.05. The molecule has 2 fully saturated rings. The summed E-state index contributed by atoms with van der Waals surface area (Å²) in [6.07, 6.45) is -2.98. The van der Waals surface area contributed by atoms with Crippen molar-refractivity contribution in [3.8, 4) is 0 Å². The van der Waals surface area contributed by atoms with Crippen molar-refractivity contribution in [2.75, 3.05) is 6.61 Å². The molecule has 1 unspecified atom stereocenters. The Morgan fingerprint density at radius 2 is 1.32 bits per heavy atom. The Morgan fingerprint density at radius 1 is 0.723 bits per heavy atom. The van der Waals surface area contributed by atoms with Gasteiger partial charge >= 0.3 is 0 Å². The van der Waals surface area contributed by atoms with Crippen LogP contribution in [0.5, 0.6) is 0 Å². The third-order valence-electron chi connectivity index (χ3n) is 9.51. The van der Waals surface area contributed by atoms with Crippen LogP contribution in [-0.2, 0) is 23.4 Å². The first-order chi connectivity index (χ1) is 22.8. The molecule has 7 nitrogen and oxygen atoms in total. The van der Waals surface area contributed by atoms with E-state index in [-0.39, 0.29) is 11.6 Å². The van der Waals surface area contributed by atoms with Gasteiger partial charge in [0.15, 0.2) is 12.6 Å².